The fourth-order valence-electron chi connectivity index (χ4n) is 6.69. The molecule has 0 N–H and O–H groups in total. The number of hydrogen-bond acceptors (Lipinski definition) is 10. The van der Waals surface area contributed by atoms with Crippen molar-refractivity contribution >= 4 is 17.5 Å². The number of likely N-dealkylation sites (N-methyl/N-ethyl adjacent to an activating group) is 1. The lowest BCUT2D eigenvalue weighted by molar-refractivity contribution is -0.297. The number of hydrogen-bond donors (Lipinski definition) is 0. The van der Waals surface area contributed by atoms with E-state index in [0.29, 0.717) is 24.0 Å². The van der Waals surface area contributed by atoms with E-state index in [9.17, 15) is 14.4 Å². The number of Topliss-reactive ketones (excluding diaryl/α,β-unsaturated/α-hetero) is 2. The molecular formula is C32H51NO9. The molecule has 0 aromatic heterocycles. The molecule has 0 spiro atoms. The Bertz CT molecular complexity index is 1100. The summed E-state index contributed by atoms with van der Waals surface area (Å²) in [7, 11) is 5.38. The number of allylic oxidation sites excluding steroid dienone is 2. The zero-order chi connectivity index (χ0) is 31.7. The molecule has 0 saturated carbocycles. The molecule has 10 nitrogen and oxygen atoms in total. The van der Waals surface area contributed by atoms with Gasteiger partial charge in [0.2, 0.25) is 0 Å². The van der Waals surface area contributed by atoms with Gasteiger partial charge in [0.1, 0.15) is 6.10 Å². The highest BCUT2D eigenvalue weighted by atomic mass is 16.7. The second-order valence-corrected chi connectivity index (χ2v) is 12.9. The van der Waals surface area contributed by atoms with E-state index in [-0.39, 0.29) is 42.2 Å². The van der Waals surface area contributed by atoms with Gasteiger partial charge in [0.15, 0.2) is 29.6 Å². The van der Waals surface area contributed by atoms with Crippen LogP contribution in [-0.2, 0) is 42.8 Å². The van der Waals surface area contributed by atoms with Crippen LogP contribution in [0.1, 0.15) is 81.6 Å². The van der Waals surface area contributed by atoms with Gasteiger partial charge in [-0.3, -0.25) is 14.4 Å². The van der Waals surface area contributed by atoms with E-state index in [1.807, 2.05) is 59.7 Å². The Morgan fingerprint density at radius 1 is 1.12 bits per heavy atom. The molecule has 0 amide bonds. The van der Waals surface area contributed by atoms with Crippen molar-refractivity contribution in [1.29, 1.82) is 0 Å². The van der Waals surface area contributed by atoms with E-state index in [1.165, 1.54) is 6.92 Å². The summed E-state index contributed by atoms with van der Waals surface area (Å²) in [5.41, 5.74) is -1.14. The molecule has 2 saturated heterocycles. The minimum atomic E-state index is -1.10. The lowest BCUT2D eigenvalue weighted by Gasteiger charge is -2.47. The third kappa shape index (κ3) is 6.93. The highest BCUT2D eigenvalue weighted by Gasteiger charge is 2.51. The van der Waals surface area contributed by atoms with E-state index >= 15 is 0 Å². The monoisotopic (exact) mass is 593 g/mol. The molecule has 238 valence electrons. The fourth-order valence-corrected chi connectivity index (χ4v) is 6.69. The number of methoxy groups -OCH3 is 1. The standard InChI is InChI=1S/C32H51NO9/c1-13-24-31(8)15-17(2)25(35)18(3)16-32(9,37-12)28(20(5)26(36)21(6)29(40-24)42-31)41-30-27(39-22(7)34)23(33(10)11)14-19(4)38-30/h15,18-20,23-24,27-28,30H,13-14,16H2,1-12H3/b17-15+,29-21-/t18-,19-,20+,23+,24-,27-,28-,30+,31+,32-/m1/s1. The van der Waals surface area contributed by atoms with Gasteiger partial charge in [-0.15, -0.1) is 0 Å². The quantitative estimate of drug-likeness (QED) is 0.412. The summed E-state index contributed by atoms with van der Waals surface area (Å²) in [5, 5.41) is 0. The number of esters is 1. The first kappa shape index (κ1) is 34.2. The molecule has 10 heteroatoms. The normalized spacial score (nSPS) is 42.9. The molecular weight excluding hydrogens is 542 g/mol. The van der Waals surface area contributed by atoms with Crippen molar-refractivity contribution in [2.45, 2.75) is 130 Å². The van der Waals surface area contributed by atoms with Crippen molar-refractivity contribution in [3.8, 4) is 0 Å². The van der Waals surface area contributed by atoms with Crippen molar-refractivity contribution in [3.05, 3.63) is 23.2 Å². The Hall–Kier alpha value is -2.27. The third-order valence-corrected chi connectivity index (χ3v) is 9.07. The van der Waals surface area contributed by atoms with E-state index in [4.69, 9.17) is 28.4 Å². The molecule has 3 rings (SSSR count). The van der Waals surface area contributed by atoms with Gasteiger partial charge in [0.05, 0.1) is 29.4 Å². The highest BCUT2D eigenvalue weighted by Crippen LogP contribution is 2.41. The first-order chi connectivity index (χ1) is 19.5. The topological polar surface area (TPSA) is 110 Å². The number of carbonyl (C=O) groups excluding carboxylic acids is 3. The Balaban J connectivity index is 2.15. The summed E-state index contributed by atoms with van der Waals surface area (Å²) < 4.78 is 37.3. The maximum atomic E-state index is 14.1. The minimum absolute atomic E-state index is 0.0583. The zero-order valence-electron chi connectivity index (χ0n) is 27.4. The van der Waals surface area contributed by atoms with Crippen molar-refractivity contribution in [2.24, 2.45) is 11.8 Å². The molecule has 0 aliphatic carbocycles. The molecule has 3 aliphatic heterocycles. The molecule has 0 radical (unpaired) electrons. The van der Waals surface area contributed by atoms with Gasteiger partial charge in [-0.2, -0.15) is 0 Å². The Morgan fingerprint density at radius 2 is 1.76 bits per heavy atom. The van der Waals surface area contributed by atoms with Crippen molar-refractivity contribution in [2.75, 3.05) is 21.2 Å². The second-order valence-electron chi connectivity index (χ2n) is 12.9. The van der Waals surface area contributed by atoms with Gasteiger partial charge < -0.3 is 33.3 Å². The molecule has 0 unspecified atom stereocenters. The predicted molar refractivity (Wildman–Crippen MR) is 156 cm³/mol. The van der Waals surface area contributed by atoms with Crippen LogP contribution in [0.5, 0.6) is 0 Å². The lowest BCUT2D eigenvalue weighted by atomic mass is 9.78. The smallest absolute Gasteiger partial charge is 0.303 e. The summed E-state index contributed by atoms with van der Waals surface area (Å²) in [6, 6.07) is -0.182. The van der Waals surface area contributed by atoms with Gasteiger partial charge in [-0.25, -0.2) is 0 Å². The zero-order valence-corrected chi connectivity index (χ0v) is 27.4. The molecule has 42 heavy (non-hydrogen) atoms. The van der Waals surface area contributed by atoms with Crippen LogP contribution in [0.25, 0.3) is 0 Å². The average Bonchev–Trinajstić information content (AvgIpc) is 3.25. The van der Waals surface area contributed by atoms with Gasteiger partial charge >= 0.3 is 5.97 Å². The van der Waals surface area contributed by atoms with Gasteiger partial charge in [-0.1, -0.05) is 20.8 Å². The number of nitrogens with zero attached hydrogens (tertiary/aromatic N) is 1. The van der Waals surface area contributed by atoms with Gasteiger partial charge in [-0.05, 0) is 79.6 Å². The van der Waals surface area contributed by atoms with Crippen LogP contribution in [-0.4, -0.2) is 91.6 Å². The minimum Gasteiger partial charge on any atom is -0.457 e. The summed E-state index contributed by atoms with van der Waals surface area (Å²) >= 11 is 0. The molecule has 0 aromatic carbocycles. The fraction of sp³-hybridized carbons (Fsp3) is 0.781. The number of fused-ring (bicyclic) bond motifs is 2. The predicted octanol–water partition coefficient (Wildman–Crippen LogP) is 4.35. The van der Waals surface area contributed by atoms with Gasteiger partial charge in [0.25, 0.3) is 5.95 Å². The highest BCUT2D eigenvalue weighted by molar-refractivity contribution is 5.98. The molecule has 3 heterocycles. The SMILES string of the molecule is CC[C@H]1O/C2=C(\C)C(=O)[C@H](C)[C@@H](O[C@@H]3O[C@H](C)C[C@H](N(C)C)[C@H]3OC(C)=O)[C@](C)(OC)C[C@@H](C)C(=O)/C(C)=C/[C@]1(C)O2. The second kappa shape index (κ2) is 13.2. The molecule has 0 aromatic rings. The number of rotatable bonds is 6. The summed E-state index contributed by atoms with van der Waals surface area (Å²) in [6.45, 7) is 16.1. The summed E-state index contributed by atoms with van der Waals surface area (Å²) in [6.07, 6.45) is 0.135. The van der Waals surface area contributed by atoms with Crippen LogP contribution in [0.2, 0.25) is 0 Å². The van der Waals surface area contributed by atoms with Crippen molar-refractivity contribution in [3.63, 3.8) is 0 Å². The van der Waals surface area contributed by atoms with Crippen LogP contribution in [0.3, 0.4) is 0 Å². The van der Waals surface area contributed by atoms with Crippen LogP contribution in [0.4, 0.5) is 0 Å². The average molecular weight is 594 g/mol. The third-order valence-electron chi connectivity index (χ3n) is 9.07. The number of carbonyl (C=O) groups is 3. The molecule has 3 aliphatic rings. The number of ketones is 2. The largest absolute Gasteiger partial charge is 0.457 e. The van der Waals surface area contributed by atoms with E-state index < -0.39 is 47.5 Å². The first-order valence-electron chi connectivity index (χ1n) is 15.0. The van der Waals surface area contributed by atoms with Crippen LogP contribution in [0.15, 0.2) is 23.2 Å². The Morgan fingerprint density at radius 3 is 2.31 bits per heavy atom. The first-order valence-corrected chi connectivity index (χ1v) is 15.0. The van der Waals surface area contributed by atoms with Crippen molar-refractivity contribution < 1.29 is 42.8 Å². The molecule has 2 fully saturated rings. The Labute approximate surface area is 251 Å². The van der Waals surface area contributed by atoms with Crippen molar-refractivity contribution in [1.82, 2.24) is 4.90 Å². The maximum absolute atomic E-state index is 14.1. The van der Waals surface area contributed by atoms with Crippen LogP contribution in [0, 0.1) is 11.8 Å². The van der Waals surface area contributed by atoms with E-state index in [1.54, 1.807) is 27.9 Å². The Kier molecular flexibility index (Phi) is 10.7. The van der Waals surface area contributed by atoms with E-state index in [2.05, 4.69) is 0 Å². The molecule has 2 bridgehead atoms. The molecule has 10 atom stereocenters. The van der Waals surface area contributed by atoms with Crippen LogP contribution >= 0.6 is 0 Å². The lowest BCUT2D eigenvalue weighted by Crippen LogP contribution is -2.59. The van der Waals surface area contributed by atoms with Gasteiger partial charge in [0, 0.05) is 25.9 Å². The van der Waals surface area contributed by atoms with Crippen LogP contribution < -0.4 is 0 Å². The summed E-state index contributed by atoms with van der Waals surface area (Å²) in [4.78, 5) is 42.0. The van der Waals surface area contributed by atoms with E-state index in [0.717, 1.165) is 0 Å². The summed E-state index contributed by atoms with van der Waals surface area (Å²) in [5.74, 6) is -1.85. The number of ether oxygens (including phenoxy) is 6. The maximum Gasteiger partial charge on any atom is 0.303 e.